The van der Waals surface area contributed by atoms with Crippen molar-refractivity contribution in [2.24, 2.45) is 0 Å². The number of hydrogen-bond acceptors (Lipinski definition) is 7. The van der Waals surface area contributed by atoms with Crippen LogP contribution in [0.2, 0.25) is 0 Å². The van der Waals surface area contributed by atoms with Gasteiger partial charge in [0.1, 0.15) is 22.3 Å². The Hall–Kier alpha value is -2.85. The van der Waals surface area contributed by atoms with Gasteiger partial charge in [0, 0.05) is 5.56 Å². The van der Waals surface area contributed by atoms with Crippen LogP contribution in [0.25, 0.3) is 16.3 Å². The third-order valence-electron chi connectivity index (χ3n) is 3.03. The van der Waals surface area contributed by atoms with Crippen LogP contribution in [-0.2, 0) is 10.0 Å². The van der Waals surface area contributed by atoms with Crippen LogP contribution in [0.15, 0.2) is 53.6 Å². The molecule has 0 unspecified atom stereocenters. The Morgan fingerprint density at radius 3 is 2.44 bits per heavy atom. The molecule has 2 heterocycles. The lowest BCUT2D eigenvalue weighted by Gasteiger charge is -2.05. The zero-order valence-electron chi connectivity index (χ0n) is 12.5. The number of halogens is 1. The standard InChI is InChI=1S/C15H11FN4O3S2/c1-9(21)12-6-18-13(7-17-12)20-25(22,23)14-8-19-15(24-14)10-2-4-11(16)5-3-10/h2-8,21H,1H2,(H,18,20). The third kappa shape index (κ3) is 3.80. The summed E-state index contributed by atoms with van der Waals surface area (Å²) in [6, 6.07) is 5.58. The highest BCUT2D eigenvalue weighted by Gasteiger charge is 2.19. The highest BCUT2D eigenvalue weighted by atomic mass is 32.2. The number of rotatable bonds is 5. The molecule has 0 aliphatic heterocycles. The minimum absolute atomic E-state index is 0.0123. The first-order valence-electron chi connectivity index (χ1n) is 6.80. The molecule has 0 aliphatic rings. The number of anilines is 1. The van der Waals surface area contributed by atoms with E-state index in [1.54, 1.807) is 0 Å². The molecule has 2 N–H and O–H groups in total. The molecule has 3 aromatic rings. The van der Waals surface area contributed by atoms with Gasteiger partial charge in [-0.2, -0.15) is 0 Å². The number of benzene rings is 1. The molecule has 0 bridgehead atoms. The first-order valence-corrected chi connectivity index (χ1v) is 9.10. The molecule has 25 heavy (non-hydrogen) atoms. The lowest BCUT2D eigenvalue weighted by Crippen LogP contribution is -2.13. The molecule has 0 fully saturated rings. The van der Waals surface area contributed by atoms with Crippen molar-refractivity contribution in [1.29, 1.82) is 0 Å². The van der Waals surface area contributed by atoms with Crippen molar-refractivity contribution in [3.8, 4) is 10.6 Å². The van der Waals surface area contributed by atoms with Crippen molar-refractivity contribution in [2.75, 3.05) is 4.72 Å². The third-order valence-corrected chi connectivity index (χ3v) is 5.89. The van der Waals surface area contributed by atoms with Crippen molar-refractivity contribution < 1.29 is 17.9 Å². The Kier molecular flexibility index (Phi) is 4.47. The summed E-state index contributed by atoms with van der Waals surface area (Å²) in [4.78, 5) is 11.7. The second kappa shape index (κ2) is 6.57. The van der Waals surface area contributed by atoms with Crippen molar-refractivity contribution in [1.82, 2.24) is 15.0 Å². The van der Waals surface area contributed by atoms with Crippen molar-refractivity contribution in [3.05, 3.63) is 60.9 Å². The maximum atomic E-state index is 13.0. The highest BCUT2D eigenvalue weighted by Crippen LogP contribution is 2.28. The van der Waals surface area contributed by atoms with Crippen LogP contribution in [0.5, 0.6) is 0 Å². The normalized spacial score (nSPS) is 11.2. The molecule has 10 heteroatoms. The van der Waals surface area contributed by atoms with Crippen molar-refractivity contribution in [2.45, 2.75) is 4.21 Å². The van der Waals surface area contributed by atoms with E-state index in [2.05, 4.69) is 26.3 Å². The average molecular weight is 378 g/mol. The van der Waals surface area contributed by atoms with Gasteiger partial charge in [0.25, 0.3) is 10.0 Å². The topological polar surface area (TPSA) is 105 Å². The first kappa shape index (κ1) is 17.0. The fourth-order valence-corrected chi connectivity index (χ4v) is 3.96. The summed E-state index contributed by atoms with van der Waals surface area (Å²) in [6.45, 7) is 3.30. The van der Waals surface area contributed by atoms with Crippen LogP contribution in [0.4, 0.5) is 10.2 Å². The Balaban J connectivity index is 1.83. The first-order chi connectivity index (χ1) is 11.8. The maximum absolute atomic E-state index is 13.0. The summed E-state index contributed by atoms with van der Waals surface area (Å²) < 4.78 is 40.0. The summed E-state index contributed by atoms with van der Waals surface area (Å²) >= 11 is 0.940. The van der Waals surface area contributed by atoms with Gasteiger partial charge in [0.15, 0.2) is 10.0 Å². The Morgan fingerprint density at radius 1 is 1.12 bits per heavy atom. The van der Waals surface area contributed by atoms with Gasteiger partial charge in [-0.05, 0) is 24.3 Å². The van der Waals surface area contributed by atoms with Crippen LogP contribution in [0, 0.1) is 5.82 Å². The number of hydrogen-bond donors (Lipinski definition) is 2. The Bertz CT molecular complexity index is 1020. The molecule has 0 amide bonds. The van der Waals surface area contributed by atoms with Crippen LogP contribution < -0.4 is 4.72 Å². The van der Waals surface area contributed by atoms with Crippen molar-refractivity contribution >= 4 is 32.9 Å². The van der Waals surface area contributed by atoms with E-state index >= 15 is 0 Å². The number of aliphatic hydroxyl groups excluding tert-OH is 1. The van der Waals surface area contributed by atoms with Crippen LogP contribution >= 0.6 is 11.3 Å². The molecule has 7 nitrogen and oxygen atoms in total. The number of aromatic nitrogens is 3. The van der Waals surface area contributed by atoms with Gasteiger partial charge in [0.2, 0.25) is 0 Å². The quantitative estimate of drug-likeness (QED) is 0.661. The molecule has 0 aliphatic carbocycles. The van der Waals surface area contributed by atoms with Gasteiger partial charge in [-0.3, -0.25) is 4.72 Å². The fourth-order valence-electron chi connectivity index (χ4n) is 1.83. The zero-order chi connectivity index (χ0) is 18.0. The number of sulfonamides is 1. The van der Waals surface area contributed by atoms with E-state index in [4.69, 9.17) is 0 Å². The molecule has 1 aromatic carbocycles. The van der Waals surface area contributed by atoms with Gasteiger partial charge >= 0.3 is 0 Å². The van der Waals surface area contributed by atoms with Crippen LogP contribution in [-0.4, -0.2) is 28.5 Å². The Morgan fingerprint density at radius 2 is 1.84 bits per heavy atom. The fraction of sp³-hybridized carbons (Fsp3) is 0. The molecule has 128 valence electrons. The molecule has 0 atom stereocenters. The summed E-state index contributed by atoms with van der Waals surface area (Å²) in [7, 11) is -3.90. The lowest BCUT2D eigenvalue weighted by molar-refractivity contribution is 0.510. The largest absolute Gasteiger partial charge is 0.506 e. The molecule has 3 rings (SSSR count). The Labute approximate surface area is 146 Å². The second-order valence-corrected chi connectivity index (χ2v) is 7.77. The van der Waals surface area contributed by atoms with Gasteiger partial charge in [-0.25, -0.2) is 27.8 Å². The minimum Gasteiger partial charge on any atom is -0.506 e. The van der Waals surface area contributed by atoms with Gasteiger partial charge in [0.05, 0.1) is 18.6 Å². The predicted molar refractivity (Wildman–Crippen MR) is 92.0 cm³/mol. The van der Waals surface area contributed by atoms with E-state index in [9.17, 15) is 17.9 Å². The molecular formula is C15H11FN4O3S2. The maximum Gasteiger partial charge on any atom is 0.274 e. The van der Waals surface area contributed by atoms with Crippen molar-refractivity contribution in [3.63, 3.8) is 0 Å². The average Bonchev–Trinajstić information content (AvgIpc) is 3.06. The molecule has 2 aromatic heterocycles. The molecule has 0 saturated heterocycles. The smallest absolute Gasteiger partial charge is 0.274 e. The lowest BCUT2D eigenvalue weighted by atomic mass is 10.2. The monoisotopic (exact) mass is 378 g/mol. The molecule has 0 radical (unpaired) electrons. The van der Waals surface area contributed by atoms with Gasteiger partial charge in [-0.15, -0.1) is 11.3 Å². The molecule has 0 saturated carbocycles. The summed E-state index contributed by atoms with van der Waals surface area (Å²) in [6.07, 6.45) is 3.57. The predicted octanol–water partition coefficient (Wildman–Crippen LogP) is 3.07. The summed E-state index contributed by atoms with van der Waals surface area (Å²) in [5.74, 6) is -0.669. The second-order valence-electron chi connectivity index (χ2n) is 4.83. The number of aliphatic hydroxyl groups is 1. The number of thiazole rings is 1. The molecule has 0 spiro atoms. The van der Waals surface area contributed by atoms with E-state index in [0.29, 0.717) is 10.6 Å². The van der Waals surface area contributed by atoms with Gasteiger partial charge < -0.3 is 5.11 Å². The summed E-state index contributed by atoms with van der Waals surface area (Å²) in [5.41, 5.74) is 0.748. The number of nitrogens with zero attached hydrogens (tertiary/aromatic N) is 3. The van der Waals surface area contributed by atoms with Crippen LogP contribution in [0.3, 0.4) is 0 Å². The molecular weight excluding hydrogens is 367 g/mol. The van der Waals surface area contributed by atoms with E-state index in [-0.39, 0.29) is 27.3 Å². The van der Waals surface area contributed by atoms with E-state index in [1.807, 2.05) is 0 Å². The number of nitrogens with one attached hydrogen (secondary N) is 1. The van der Waals surface area contributed by atoms with Gasteiger partial charge in [-0.1, -0.05) is 6.58 Å². The summed E-state index contributed by atoms with van der Waals surface area (Å²) in [5, 5.41) is 9.63. The van der Waals surface area contributed by atoms with E-state index in [0.717, 1.165) is 17.5 Å². The van der Waals surface area contributed by atoms with Crippen LogP contribution in [0.1, 0.15) is 5.69 Å². The minimum atomic E-state index is -3.90. The van der Waals surface area contributed by atoms with E-state index < -0.39 is 10.0 Å². The SMILES string of the molecule is C=C(O)c1cnc(NS(=O)(=O)c2cnc(-c3ccc(F)cc3)s2)cn1. The zero-order valence-corrected chi connectivity index (χ0v) is 14.2. The van der Waals surface area contributed by atoms with E-state index in [1.165, 1.54) is 36.7 Å². The highest BCUT2D eigenvalue weighted by molar-refractivity contribution is 7.94.